The quantitative estimate of drug-likeness (QED) is 0.0908. The molecule has 6 bridgehead atoms. The summed E-state index contributed by atoms with van der Waals surface area (Å²) in [6.07, 6.45) is 36.1. The van der Waals surface area contributed by atoms with Gasteiger partial charge < -0.3 is 48.5 Å². The average molecular weight is 1590 g/mol. The molecule has 1 aromatic carbocycles. The Morgan fingerprint density at radius 3 is 1.40 bits per heavy atom. The minimum Gasteiger partial charge on any atom is -0.481 e. The molecule has 12 aliphatic heterocycles. The predicted molar refractivity (Wildman–Crippen MR) is 453 cm³/mol. The van der Waals surface area contributed by atoms with Crippen LogP contribution < -0.4 is 28.9 Å². The Balaban J connectivity index is 0.000000111. The number of H-pyrrole nitrogens is 1. The van der Waals surface area contributed by atoms with Crippen LogP contribution in [0.25, 0.3) is 77.6 Å². The number of nitriles is 3. The van der Waals surface area contributed by atoms with E-state index in [1.807, 2.05) is 70.7 Å². The van der Waals surface area contributed by atoms with Crippen LogP contribution in [0, 0.1) is 34.0 Å². The monoisotopic (exact) mass is 1590 g/mol. The number of nitrogens with one attached hydrogen (secondary N) is 1. The first-order chi connectivity index (χ1) is 59.1. The molecule has 120 heavy (non-hydrogen) atoms. The Bertz CT molecular complexity index is 6290. The molecule has 27 nitrogen and oxygen atoms in total. The number of allylic oxidation sites excluding steroid dienone is 1. The van der Waals surface area contributed by atoms with E-state index in [9.17, 15) is 20.9 Å². The van der Waals surface area contributed by atoms with E-state index in [4.69, 9.17) is 38.6 Å². The third-order valence-electron chi connectivity index (χ3n) is 25.9. The molecule has 7 atom stereocenters. The molecular weight excluding hydrogens is 1510 g/mol. The van der Waals surface area contributed by atoms with Crippen molar-refractivity contribution in [3.05, 3.63) is 240 Å². The van der Waals surface area contributed by atoms with E-state index < -0.39 is 0 Å². The van der Waals surface area contributed by atoms with Gasteiger partial charge in [-0.1, -0.05) is 30.4 Å². The van der Waals surface area contributed by atoms with Gasteiger partial charge in [0, 0.05) is 201 Å². The Hall–Kier alpha value is -13.2. The first-order valence-electron chi connectivity index (χ1n) is 41.4. The first kappa shape index (κ1) is 74.4. The van der Waals surface area contributed by atoms with Gasteiger partial charge in [-0.05, 0) is 180 Å². The number of hydrogen-bond donors (Lipinski definition) is 2. The van der Waals surface area contributed by atoms with Gasteiger partial charge in [0.15, 0.2) is 5.75 Å². The van der Waals surface area contributed by atoms with Crippen molar-refractivity contribution in [3.63, 3.8) is 0 Å². The highest BCUT2D eigenvalue weighted by Crippen LogP contribution is 2.44. The van der Waals surface area contributed by atoms with Gasteiger partial charge in [-0.3, -0.25) is 14.7 Å². The number of aromatic nitrogens is 12. The fourth-order valence-corrected chi connectivity index (χ4v) is 19.5. The summed E-state index contributed by atoms with van der Waals surface area (Å²) >= 11 is 0. The summed E-state index contributed by atoms with van der Waals surface area (Å²) < 4.78 is 32.8. The van der Waals surface area contributed by atoms with Crippen LogP contribution in [0.1, 0.15) is 101 Å². The Kier molecular flexibility index (Phi) is 19.6. The molecule has 27 heteroatoms. The molecule has 9 fully saturated rings. The van der Waals surface area contributed by atoms with Crippen LogP contribution >= 0.6 is 0 Å². The first-order valence-corrected chi connectivity index (χ1v) is 41.4. The van der Waals surface area contributed by atoms with Crippen LogP contribution in [0.4, 0.5) is 17.5 Å². The number of pyridine rings is 8. The summed E-state index contributed by atoms with van der Waals surface area (Å²) in [5.74, 6) is 5.00. The summed E-state index contributed by atoms with van der Waals surface area (Å²) in [5.41, 5.74) is 21.7. The molecule has 13 aliphatic rings. The fourth-order valence-electron chi connectivity index (χ4n) is 19.5. The maximum atomic E-state index is 9.94. The number of methoxy groups -OCH3 is 1. The van der Waals surface area contributed by atoms with Gasteiger partial charge in [-0.25, -0.2) is 38.5 Å². The van der Waals surface area contributed by atoms with Crippen LogP contribution in [-0.4, -0.2) is 201 Å². The van der Waals surface area contributed by atoms with E-state index in [0.717, 1.165) is 187 Å². The van der Waals surface area contributed by atoms with Crippen molar-refractivity contribution in [2.45, 2.75) is 113 Å². The molecule has 13 aromatic rings. The topological polar surface area (TPSA) is 289 Å². The van der Waals surface area contributed by atoms with Crippen molar-refractivity contribution in [3.8, 4) is 69.1 Å². The summed E-state index contributed by atoms with van der Waals surface area (Å²) in [6.45, 7) is 11.4. The van der Waals surface area contributed by atoms with Crippen LogP contribution in [0.2, 0.25) is 0 Å². The maximum Gasteiger partial charge on any atom is 0.260 e. The number of rotatable bonds is 16. The largest absolute Gasteiger partial charge is 0.481 e. The summed E-state index contributed by atoms with van der Waals surface area (Å²) in [7, 11) is 1.64. The van der Waals surface area contributed by atoms with Crippen molar-refractivity contribution >= 4 is 61.6 Å². The molecule has 7 unspecified atom stereocenters. The number of benzene rings is 1. The molecule has 600 valence electrons. The molecule has 24 heterocycles. The smallest absolute Gasteiger partial charge is 0.260 e. The van der Waals surface area contributed by atoms with Gasteiger partial charge in [0.25, 0.3) is 5.88 Å². The van der Waals surface area contributed by atoms with Gasteiger partial charge in [0.05, 0.1) is 91.5 Å². The maximum absolute atomic E-state index is 9.94. The van der Waals surface area contributed by atoms with Crippen molar-refractivity contribution in [2.24, 2.45) is 0 Å². The number of aliphatic hydroxyl groups excluding tert-OH is 1. The van der Waals surface area contributed by atoms with E-state index in [1.54, 1.807) is 36.4 Å². The Morgan fingerprint density at radius 1 is 0.483 bits per heavy atom. The Morgan fingerprint density at radius 2 is 0.967 bits per heavy atom. The molecule has 0 saturated carbocycles. The third-order valence-corrected chi connectivity index (χ3v) is 25.9. The fraction of sp³-hybridized carbons (Fsp3) is 0.323. The Labute approximate surface area is 692 Å². The van der Waals surface area contributed by atoms with Crippen molar-refractivity contribution in [2.75, 3.05) is 94.3 Å². The number of aliphatic hydroxyl groups is 1. The molecule has 0 spiro atoms. The van der Waals surface area contributed by atoms with Crippen molar-refractivity contribution in [1.29, 1.82) is 15.8 Å². The molecule has 0 radical (unpaired) electrons. The SMILES string of the molecule is COc1ccc(CN2C3CC2CN(c2ccc(-c4cc(C5=CCC(O)CC5)cn5ncc(C#N)c45)cn2)C3)cn1.N#Cc1cnn2cc(C3=CCOCC3)cc(-c3ccc(N4CC5CC(C4)N5Cc4ccc5[nH]ccc5c4)nc3)c12.N#Cc1cnn2cc(C3=CCOCC3)cc(-c3ccc(N4CC5CC(C4)N5Cc4ccnc5c4OCO5)nc3)c12. The van der Waals surface area contributed by atoms with Gasteiger partial charge in [0.2, 0.25) is 12.7 Å². The second-order valence-electron chi connectivity index (χ2n) is 32.8. The zero-order valence-corrected chi connectivity index (χ0v) is 66.4. The zero-order valence-electron chi connectivity index (χ0n) is 66.4. The lowest BCUT2D eigenvalue weighted by Crippen LogP contribution is -2.68. The number of nitrogens with zero attached hydrogens (tertiary/aromatic N) is 20. The summed E-state index contributed by atoms with van der Waals surface area (Å²) in [5, 5.41) is 53.9. The number of piperidine rings is 3. The van der Waals surface area contributed by atoms with Gasteiger partial charge in [-0.15, -0.1) is 0 Å². The highest BCUT2D eigenvalue weighted by atomic mass is 16.7. The lowest BCUT2D eigenvalue weighted by atomic mass is 9.86. The van der Waals surface area contributed by atoms with E-state index in [-0.39, 0.29) is 12.9 Å². The highest BCUT2D eigenvalue weighted by Gasteiger charge is 2.48. The van der Waals surface area contributed by atoms with Crippen LogP contribution in [0.5, 0.6) is 17.5 Å². The van der Waals surface area contributed by atoms with Crippen LogP contribution in [0.3, 0.4) is 0 Å². The van der Waals surface area contributed by atoms with Gasteiger partial charge in [-0.2, -0.15) is 31.1 Å². The van der Waals surface area contributed by atoms with Crippen molar-refractivity contribution < 1.29 is 28.8 Å². The number of fused-ring (bicyclic) bond motifs is 11. The molecule has 1 aliphatic carbocycles. The minimum atomic E-state index is -0.272. The van der Waals surface area contributed by atoms with Gasteiger partial charge in [0.1, 0.15) is 35.7 Å². The van der Waals surface area contributed by atoms with Crippen molar-refractivity contribution in [1.82, 2.24) is 73.4 Å². The predicted octanol–water partition coefficient (Wildman–Crippen LogP) is 12.7. The number of ether oxygens (including phenoxy) is 5. The van der Waals surface area contributed by atoms with Crippen LogP contribution in [0.15, 0.2) is 190 Å². The van der Waals surface area contributed by atoms with E-state index in [1.165, 1.54) is 58.0 Å². The van der Waals surface area contributed by atoms with E-state index >= 15 is 0 Å². The lowest BCUT2D eigenvalue weighted by molar-refractivity contribution is -0.00923. The van der Waals surface area contributed by atoms with E-state index in [0.29, 0.717) is 90.9 Å². The molecule has 12 aromatic heterocycles. The second kappa shape index (κ2) is 31.6. The standard InChI is InChI=1S/C32H29N7O.C31H31N7O2.C30H27N7O3/c33-14-26-16-36-39-18-25(22-6-9-40-10-7-22)12-29(32(26)39)24-2-4-31(35-15-24)37-19-27-13-28(20-37)38(27)17-21-1-3-30-23(11-21)5-8-34-30;1-40-30-9-2-20(13-34-30)16-37-25-11-26(37)19-36(18-25)29-8-5-22(14-33-29)28-10-23(21-3-6-27(39)7-4-21)17-38-31(28)24(12-32)15-35-38;31-11-23-13-34-37-15-22(19-4-7-38-8-5-19)9-26(28(23)37)20-1-2-27(33-12-20)35-16-24-10-25(17-35)36(24)14-21-3-6-32-30-29(21)39-18-40-30/h1-6,8,11-12,15-16,18,27-28,34H,7,9-10,13,17,19-20H2;2-3,5,8-10,13-15,17,25-27,39H,4,6-7,11,16,18-19H2,1H3;1-4,6,9,12-13,15,24-25H,5,7-8,10,14,16-18H2. The number of anilines is 3. The summed E-state index contributed by atoms with van der Waals surface area (Å²) in [6, 6.07) is 44.0. The van der Waals surface area contributed by atoms with E-state index in [2.05, 4.69) is 181 Å². The average Bonchev–Trinajstić information content (AvgIpc) is 1.07. The molecule has 2 N–H and O–H groups in total. The number of hydrogen-bond acceptors (Lipinski definition) is 23. The third kappa shape index (κ3) is 14.1. The number of piperazine rings is 3. The normalized spacial score (nSPS) is 21.7. The molecule has 0 amide bonds. The minimum absolute atomic E-state index is 0.239. The van der Waals surface area contributed by atoms with Crippen LogP contribution in [-0.2, 0) is 29.1 Å². The zero-order chi connectivity index (χ0) is 80.5. The second-order valence-corrected chi connectivity index (χ2v) is 32.8. The molecular formula is C93H87N21O6. The highest BCUT2D eigenvalue weighted by molar-refractivity contribution is 5.90. The molecule has 9 saturated heterocycles. The number of aromatic amines is 1. The van der Waals surface area contributed by atoms with Gasteiger partial charge >= 0.3 is 0 Å². The lowest BCUT2D eigenvalue weighted by Gasteiger charge is -2.56. The summed E-state index contributed by atoms with van der Waals surface area (Å²) in [4.78, 5) is 41.6. The molecule has 26 rings (SSSR count).